The van der Waals surface area contributed by atoms with Crippen LogP contribution in [0.5, 0.6) is 0 Å². The van der Waals surface area contributed by atoms with Crippen LogP contribution in [0.15, 0.2) is 0 Å². The number of hydrogen-bond acceptors (Lipinski definition) is 2. The van der Waals surface area contributed by atoms with Crippen LogP contribution < -0.4 is 5.73 Å². The molecule has 2 heteroatoms. The van der Waals surface area contributed by atoms with Crippen LogP contribution in [0.2, 0.25) is 0 Å². The lowest BCUT2D eigenvalue weighted by Crippen LogP contribution is -2.49. The minimum atomic E-state index is 0.721. The van der Waals surface area contributed by atoms with E-state index >= 15 is 0 Å². The molecular weight excluding hydrogens is 220 g/mol. The van der Waals surface area contributed by atoms with Gasteiger partial charge in [-0.2, -0.15) is 0 Å². The molecule has 1 aliphatic rings. The first kappa shape index (κ1) is 16.0. The number of nitrogens with zero attached hydrogens (tertiary/aromatic N) is 1. The molecule has 0 amide bonds. The quantitative estimate of drug-likeness (QED) is 0.787. The van der Waals surface area contributed by atoms with Crippen molar-refractivity contribution in [1.82, 2.24) is 4.90 Å². The van der Waals surface area contributed by atoms with E-state index in [0.717, 1.165) is 36.3 Å². The molecule has 3 atom stereocenters. The molecule has 0 heterocycles. The fraction of sp³-hybridized carbons (Fsp3) is 1.00. The van der Waals surface area contributed by atoms with Crippen molar-refractivity contribution in [1.29, 1.82) is 0 Å². The van der Waals surface area contributed by atoms with Gasteiger partial charge >= 0.3 is 0 Å². The second kappa shape index (κ2) is 7.49. The van der Waals surface area contributed by atoms with Crippen LogP contribution in [0.3, 0.4) is 0 Å². The van der Waals surface area contributed by atoms with Crippen molar-refractivity contribution >= 4 is 0 Å². The molecule has 0 spiro atoms. The summed E-state index contributed by atoms with van der Waals surface area (Å²) in [5.41, 5.74) is 6.01. The highest BCUT2D eigenvalue weighted by molar-refractivity contribution is 4.87. The van der Waals surface area contributed by atoms with Crippen LogP contribution >= 0.6 is 0 Å². The summed E-state index contributed by atoms with van der Waals surface area (Å²) in [6, 6.07) is 0.726. The van der Waals surface area contributed by atoms with Gasteiger partial charge in [-0.05, 0) is 43.1 Å². The van der Waals surface area contributed by atoms with Crippen molar-refractivity contribution < 1.29 is 0 Å². The Hall–Kier alpha value is -0.0800. The van der Waals surface area contributed by atoms with Crippen LogP contribution in [0.4, 0.5) is 0 Å². The van der Waals surface area contributed by atoms with E-state index in [0.29, 0.717) is 0 Å². The molecule has 1 aliphatic carbocycles. The average Bonchev–Trinajstić information content (AvgIpc) is 2.26. The third-order valence-corrected chi connectivity index (χ3v) is 4.19. The summed E-state index contributed by atoms with van der Waals surface area (Å²) >= 11 is 0. The lowest BCUT2D eigenvalue weighted by Gasteiger charge is -2.43. The molecule has 18 heavy (non-hydrogen) atoms. The SMILES string of the molecule is CC(C)CN(CC(C)C)C1CC(C)CCC1CN. The largest absolute Gasteiger partial charge is 0.330 e. The van der Waals surface area contributed by atoms with Gasteiger partial charge in [0.05, 0.1) is 0 Å². The van der Waals surface area contributed by atoms with E-state index in [1.165, 1.54) is 32.4 Å². The first-order valence-corrected chi connectivity index (χ1v) is 7.88. The molecule has 0 aromatic heterocycles. The van der Waals surface area contributed by atoms with Gasteiger partial charge in [0.25, 0.3) is 0 Å². The van der Waals surface area contributed by atoms with Crippen molar-refractivity contribution in [3.63, 3.8) is 0 Å². The summed E-state index contributed by atoms with van der Waals surface area (Å²) in [6.07, 6.45) is 4.05. The molecule has 1 rings (SSSR count). The Morgan fingerprint density at radius 2 is 1.61 bits per heavy atom. The maximum Gasteiger partial charge on any atom is 0.0138 e. The molecule has 0 aromatic carbocycles. The van der Waals surface area contributed by atoms with Gasteiger partial charge in [-0.15, -0.1) is 0 Å². The first-order chi connectivity index (χ1) is 8.43. The zero-order valence-electron chi connectivity index (χ0n) is 13.2. The molecule has 3 unspecified atom stereocenters. The van der Waals surface area contributed by atoms with E-state index in [-0.39, 0.29) is 0 Å². The molecular formula is C16H34N2. The van der Waals surface area contributed by atoms with Crippen molar-refractivity contribution in [2.75, 3.05) is 19.6 Å². The van der Waals surface area contributed by atoms with E-state index in [1.807, 2.05) is 0 Å². The fourth-order valence-electron chi connectivity index (χ4n) is 3.42. The monoisotopic (exact) mass is 254 g/mol. The maximum atomic E-state index is 6.01. The third kappa shape index (κ3) is 4.89. The molecule has 2 nitrogen and oxygen atoms in total. The summed E-state index contributed by atoms with van der Waals surface area (Å²) in [6.45, 7) is 15.0. The van der Waals surface area contributed by atoms with Gasteiger partial charge in [0.1, 0.15) is 0 Å². The van der Waals surface area contributed by atoms with Gasteiger partial charge in [-0.3, -0.25) is 4.90 Å². The Bertz CT molecular complexity index is 215. The highest BCUT2D eigenvalue weighted by atomic mass is 15.2. The zero-order valence-corrected chi connectivity index (χ0v) is 13.2. The van der Waals surface area contributed by atoms with Crippen molar-refractivity contribution in [2.24, 2.45) is 29.4 Å². The second-order valence-electron chi connectivity index (χ2n) is 7.22. The topological polar surface area (TPSA) is 29.3 Å². The molecule has 0 aromatic rings. The van der Waals surface area contributed by atoms with E-state index in [1.54, 1.807) is 0 Å². The maximum absolute atomic E-state index is 6.01. The summed E-state index contributed by atoms with van der Waals surface area (Å²) in [4.78, 5) is 2.74. The highest BCUT2D eigenvalue weighted by Crippen LogP contribution is 2.32. The van der Waals surface area contributed by atoms with E-state index in [2.05, 4.69) is 39.5 Å². The van der Waals surface area contributed by atoms with Gasteiger partial charge in [-0.25, -0.2) is 0 Å². The first-order valence-electron chi connectivity index (χ1n) is 7.88. The zero-order chi connectivity index (χ0) is 13.7. The van der Waals surface area contributed by atoms with Gasteiger partial charge in [-0.1, -0.05) is 41.0 Å². The summed E-state index contributed by atoms with van der Waals surface area (Å²) in [5.74, 6) is 3.09. The smallest absolute Gasteiger partial charge is 0.0138 e. The third-order valence-electron chi connectivity index (χ3n) is 4.19. The van der Waals surface area contributed by atoms with Gasteiger partial charge in [0.15, 0.2) is 0 Å². The predicted octanol–water partition coefficient (Wildman–Crippen LogP) is 3.36. The fourth-order valence-corrected chi connectivity index (χ4v) is 3.42. The normalized spacial score (nSPS) is 29.5. The summed E-state index contributed by atoms with van der Waals surface area (Å²) in [7, 11) is 0. The van der Waals surface area contributed by atoms with E-state index < -0.39 is 0 Å². The Kier molecular flexibility index (Phi) is 6.65. The van der Waals surface area contributed by atoms with Crippen molar-refractivity contribution in [3.05, 3.63) is 0 Å². The molecule has 1 saturated carbocycles. The minimum Gasteiger partial charge on any atom is -0.330 e. The summed E-state index contributed by atoms with van der Waals surface area (Å²) in [5, 5.41) is 0. The Balaban J connectivity index is 2.72. The lowest BCUT2D eigenvalue weighted by atomic mass is 9.78. The Morgan fingerprint density at radius 3 is 2.06 bits per heavy atom. The second-order valence-corrected chi connectivity index (χ2v) is 7.22. The summed E-state index contributed by atoms with van der Waals surface area (Å²) < 4.78 is 0. The van der Waals surface area contributed by atoms with Crippen LogP contribution in [0.1, 0.15) is 53.9 Å². The van der Waals surface area contributed by atoms with E-state index in [4.69, 9.17) is 5.73 Å². The van der Waals surface area contributed by atoms with Gasteiger partial charge < -0.3 is 5.73 Å². The number of nitrogens with two attached hydrogens (primary N) is 1. The van der Waals surface area contributed by atoms with Crippen LogP contribution in [-0.4, -0.2) is 30.6 Å². The highest BCUT2D eigenvalue weighted by Gasteiger charge is 2.32. The van der Waals surface area contributed by atoms with Gasteiger partial charge in [0.2, 0.25) is 0 Å². The Labute approximate surface area is 114 Å². The van der Waals surface area contributed by atoms with Gasteiger partial charge in [0, 0.05) is 19.1 Å². The molecule has 2 N–H and O–H groups in total. The number of rotatable bonds is 6. The molecule has 0 aliphatic heterocycles. The van der Waals surface area contributed by atoms with Crippen LogP contribution in [0.25, 0.3) is 0 Å². The Morgan fingerprint density at radius 1 is 1.06 bits per heavy atom. The molecule has 108 valence electrons. The molecule has 0 radical (unpaired) electrons. The average molecular weight is 254 g/mol. The standard InChI is InChI=1S/C16H34N2/c1-12(2)10-18(11-13(3)4)16-8-14(5)6-7-15(16)9-17/h12-16H,6-11,17H2,1-5H3. The number of hydrogen-bond donors (Lipinski definition) is 1. The van der Waals surface area contributed by atoms with Crippen molar-refractivity contribution in [2.45, 2.75) is 59.9 Å². The van der Waals surface area contributed by atoms with Crippen LogP contribution in [0, 0.1) is 23.7 Å². The predicted molar refractivity (Wildman–Crippen MR) is 80.6 cm³/mol. The molecule has 0 bridgehead atoms. The molecule has 1 fully saturated rings. The van der Waals surface area contributed by atoms with Crippen LogP contribution in [-0.2, 0) is 0 Å². The van der Waals surface area contributed by atoms with Crippen molar-refractivity contribution in [3.8, 4) is 0 Å². The molecule has 0 saturated heterocycles. The van der Waals surface area contributed by atoms with E-state index in [9.17, 15) is 0 Å². The minimum absolute atomic E-state index is 0.721. The lowest BCUT2D eigenvalue weighted by molar-refractivity contribution is 0.0662.